The van der Waals surface area contributed by atoms with Crippen LogP contribution in [0.25, 0.3) is 0 Å². The summed E-state index contributed by atoms with van der Waals surface area (Å²) in [4.78, 5) is 0. The molecule has 5 nitrogen and oxygen atoms in total. The number of nitrogens with one attached hydrogen (secondary N) is 1. The topological polar surface area (TPSA) is 47.7 Å². The van der Waals surface area contributed by atoms with Crippen LogP contribution in [0.2, 0.25) is 0 Å². The van der Waals surface area contributed by atoms with Crippen molar-refractivity contribution in [3.63, 3.8) is 0 Å². The van der Waals surface area contributed by atoms with Crippen molar-refractivity contribution in [1.29, 1.82) is 0 Å². The first kappa shape index (κ1) is 14.8. The first-order valence-electron chi connectivity index (χ1n) is 7.38. The third kappa shape index (κ3) is 3.70. The molecule has 0 bridgehead atoms. The van der Waals surface area contributed by atoms with Gasteiger partial charge in [0.25, 0.3) is 0 Å². The fraction of sp³-hybridized carbons (Fsp3) is 0.600. The highest BCUT2D eigenvalue weighted by Gasteiger charge is 2.05. The average molecular weight is 275 g/mol. The fourth-order valence-electron chi connectivity index (χ4n) is 2.22. The molecule has 0 aromatic carbocycles. The van der Waals surface area contributed by atoms with Gasteiger partial charge in [-0.3, -0.25) is 9.36 Å². The van der Waals surface area contributed by atoms with Crippen LogP contribution >= 0.6 is 0 Å². The second-order valence-corrected chi connectivity index (χ2v) is 5.48. The Bertz CT molecular complexity index is 538. The number of hydrogen-bond donors (Lipinski definition) is 1. The summed E-state index contributed by atoms with van der Waals surface area (Å²) < 4.78 is 4.08. The third-order valence-electron chi connectivity index (χ3n) is 3.23. The highest BCUT2D eigenvalue weighted by atomic mass is 15.3. The number of hydrogen-bond acceptors (Lipinski definition) is 3. The third-order valence-corrected chi connectivity index (χ3v) is 3.23. The van der Waals surface area contributed by atoms with Gasteiger partial charge in [0.15, 0.2) is 0 Å². The molecule has 2 rings (SSSR count). The molecule has 0 saturated carbocycles. The van der Waals surface area contributed by atoms with Crippen LogP contribution in [0.5, 0.6) is 0 Å². The van der Waals surface area contributed by atoms with Gasteiger partial charge in [-0.25, -0.2) is 0 Å². The van der Waals surface area contributed by atoms with Gasteiger partial charge in [0.05, 0.1) is 17.1 Å². The monoisotopic (exact) mass is 275 g/mol. The second kappa shape index (κ2) is 6.70. The molecule has 2 heterocycles. The van der Waals surface area contributed by atoms with E-state index in [2.05, 4.69) is 53.1 Å². The number of nitrogens with zero attached hydrogens (tertiary/aromatic N) is 4. The predicted octanol–water partition coefficient (Wildman–Crippen LogP) is 2.67. The van der Waals surface area contributed by atoms with Crippen LogP contribution in [0.3, 0.4) is 0 Å². The van der Waals surface area contributed by atoms with Crippen LogP contribution in [-0.2, 0) is 19.6 Å². The number of aromatic nitrogens is 4. The molecule has 0 radical (unpaired) electrons. The van der Waals surface area contributed by atoms with Gasteiger partial charge in [-0.05, 0) is 39.3 Å². The standard InChI is InChI=1S/C15H25N5/c1-5-7-20-15(9-13(4)17-20)11-16-10-14-6-8-19(18-14)12(2)3/h6,8-9,12,16H,5,7,10-11H2,1-4H3. The van der Waals surface area contributed by atoms with E-state index in [1.807, 2.05) is 17.8 Å². The van der Waals surface area contributed by atoms with Crippen LogP contribution in [0, 0.1) is 6.92 Å². The molecule has 0 atom stereocenters. The maximum absolute atomic E-state index is 4.54. The Hall–Kier alpha value is -1.62. The molecule has 0 aliphatic rings. The van der Waals surface area contributed by atoms with Gasteiger partial charge in [-0.2, -0.15) is 10.2 Å². The number of rotatable bonds is 7. The van der Waals surface area contributed by atoms with E-state index in [1.165, 1.54) is 5.69 Å². The van der Waals surface area contributed by atoms with Crippen molar-refractivity contribution in [2.75, 3.05) is 0 Å². The SMILES string of the molecule is CCCn1nc(C)cc1CNCc1ccn(C(C)C)n1. The van der Waals surface area contributed by atoms with Gasteiger partial charge < -0.3 is 5.32 Å². The first-order valence-corrected chi connectivity index (χ1v) is 7.38. The largest absolute Gasteiger partial charge is 0.305 e. The smallest absolute Gasteiger partial charge is 0.0762 e. The lowest BCUT2D eigenvalue weighted by molar-refractivity contribution is 0.516. The summed E-state index contributed by atoms with van der Waals surface area (Å²) in [6.07, 6.45) is 3.14. The Balaban J connectivity index is 1.88. The fourth-order valence-corrected chi connectivity index (χ4v) is 2.22. The van der Waals surface area contributed by atoms with Crippen molar-refractivity contribution in [1.82, 2.24) is 24.9 Å². The van der Waals surface area contributed by atoms with Crippen molar-refractivity contribution >= 4 is 0 Å². The van der Waals surface area contributed by atoms with Crippen LogP contribution in [0.4, 0.5) is 0 Å². The minimum Gasteiger partial charge on any atom is -0.305 e. The van der Waals surface area contributed by atoms with Gasteiger partial charge in [0.2, 0.25) is 0 Å². The van der Waals surface area contributed by atoms with E-state index < -0.39 is 0 Å². The molecular formula is C15H25N5. The van der Waals surface area contributed by atoms with E-state index in [0.29, 0.717) is 6.04 Å². The summed E-state index contributed by atoms with van der Waals surface area (Å²) in [6.45, 7) is 11.1. The van der Waals surface area contributed by atoms with Crippen molar-refractivity contribution in [2.45, 2.75) is 59.8 Å². The average Bonchev–Trinajstić information content (AvgIpc) is 2.98. The summed E-state index contributed by atoms with van der Waals surface area (Å²) in [6, 6.07) is 4.63. The molecule has 20 heavy (non-hydrogen) atoms. The Kier molecular flexibility index (Phi) is 4.95. The van der Waals surface area contributed by atoms with Gasteiger partial charge in [-0.15, -0.1) is 0 Å². The summed E-state index contributed by atoms with van der Waals surface area (Å²) in [5.74, 6) is 0. The minimum atomic E-state index is 0.414. The Morgan fingerprint density at radius 2 is 2.05 bits per heavy atom. The molecule has 0 amide bonds. The zero-order chi connectivity index (χ0) is 14.5. The van der Waals surface area contributed by atoms with Crippen LogP contribution < -0.4 is 5.32 Å². The van der Waals surface area contributed by atoms with Crippen molar-refractivity contribution in [3.8, 4) is 0 Å². The van der Waals surface area contributed by atoms with Crippen LogP contribution in [0.15, 0.2) is 18.3 Å². The van der Waals surface area contributed by atoms with Crippen molar-refractivity contribution in [3.05, 3.63) is 35.4 Å². The Labute approximate surface area is 121 Å². The maximum atomic E-state index is 4.54. The number of aryl methyl sites for hydroxylation is 2. The van der Waals surface area contributed by atoms with E-state index in [9.17, 15) is 0 Å². The molecule has 0 fully saturated rings. The highest BCUT2D eigenvalue weighted by Crippen LogP contribution is 2.06. The minimum absolute atomic E-state index is 0.414. The molecule has 0 aliphatic heterocycles. The molecule has 1 N–H and O–H groups in total. The summed E-state index contributed by atoms with van der Waals surface area (Å²) in [5, 5.41) is 12.5. The van der Waals surface area contributed by atoms with E-state index in [1.54, 1.807) is 0 Å². The second-order valence-electron chi connectivity index (χ2n) is 5.48. The van der Waals surface area contributed by atoms with Crippen LogP contribution in [0.1, 0.15) is 50.3 Å². The van der Waals surface area contributed by atoms with Crippen LogP contribution in [-0.4, -0.2) is 19.6 Å². The zero-order valence-electron chi connectivity index (χ0n) is 12.9. The molecule has 0 spiro atoms. The Morgan fingerprint density at radius 3 is 2.70 bits per heavy atom. The maximum Gasteiger partial charge on any atom is 0.0762 e. The Morgan fingerprint density at radius 1 is 1.25 bits per heavy atom. The highest BCUT2D eigenvalue weighted by molar-refractivity contribution is 5.09. The summed E-state index contributed by atoms with van der Waals surface area (Å²) in [7, 11) is 0. The molecule has 0 aliphatic carbocycles. The van der Waals surface area contributed by atoms with Gasteiger partial charge in [-0.1, -0.05) is 6.92 Å². The predicted molar refractivity (Wildman–Crippen MR) is 80.4 cm³/mol. The molecule has 2 aromatic rings. The molecule has 5 heteroatoms. The zero-order valence-corrected chi connectivity index (χ0v) is 12.9. The molecular weight excluding hydrogens is 250 g/mol. The van der Waals surface area contributed by atoms with Crippen molar-refractivity contribution in [2.24, 2.45) is 0 Å². The van der Waals surface area contributed by atoms with E-state index in [4.69, 9.17) is 0 Å². The quantitative estimate of drug-likeness (QED) is 0.845. The summed E-state index contributed by atoms with van der Waals surface area (Å²) in [5.41, 5.74) is 3.41. The molecule has 2 aromatic heterocycles. The molecule has 0 unspecified atom stereocenters. The molecule has 0 saturated heterocycles. The van der Waals surface area contributed by atoms with Gasteiger partial charge >= 0.3 is 0 Å². The van der Waals surface area contributed by atoms with E-state index in [0.717, 1.165) is 37.4 Å². The lowest BCUT2D eigenvalue weighted by Crippen LogP contribution is -2.17. The van der Waals surface area contributed by atoms with E-state index in [-0.39, 0.29) is 0 Å². The van der Waals surface area contributed by atoms with Gasteiger partial charge in [0, 0.05) is 31.9 Å². The van der Waals surface area contributed by atoms with Gasteiger partial charge in [0.1, 0.15) is 0 Å². The lowest BCUT2D eigenvalue weighted by Gasteiger charge is -2.07. The first-order chi connectivity index (χ1) is 9.60. The normalized spacial score (nSPS) is 11.4. The van der Waals surface area contributed by atoms with Crippen molar-refractivity contribution < 1.29 is 0 Å². The summed E-state index contributed by atoms with van der Waals surface area (Å²) >= 11 is 0. The molecule has 110 valence electrons. The lowest BCUT2D eigenvalue weighted by atomic mass is 10.3. The van der Waals surface area contributed by atoms with E-state index >= 15 is 0 Å².